The molecule has 15 heavy (non-hydrogen) atoms. The Balaban J connectivity index is 3.63. The Hall–Kier alpha value is -2.37. The van der Waals surface area contributed by atoms with Gasteiger partial charge in [-0.1, -0.05) is 0 Å². The van der Waals surface area contributed by atoms with E-state index in [0.29, 0.717) is 0 Å². The van der Waals surface area contributed by atoms with Gasteiger partial charge in [-0.25, -0.2) is 9.59 Å². The molecular weight excluding hydrogens is 204 g/mol. The summed E-state index contributed by atoms with van der Waals surface area (Å²) in [5, 5.41) is 26.5. The van der Waals surface area contributed by atoms with Crippen LogP contribution >= 0.6 is 0 Å². The first-order valence-electron chi connectivity index (χ1n) is 3.76. The average Bonchev–Trinajstić information content (AvgIpc) is 2.16. The van der Waals surface area contributed by atoms with Crippen LogP contribution in [0, 0.1) is 0 Å². The summed E-state index contributed by atoms with van der Waals surface area (Å²) in [6.45, 7) is 0. The molecule has 6 nitrogen and oxygen atoms in total. The van der Waals surface area contributed by atoms with Gasteiger partial charge in [-0.15, -0.1) is 0 Å². The number of carbonyl (C=O) groups is 3. The minimum Gasteiger partial charge on any atom is -0.507 e. The molecule has 0 radical (unpaired) electrons. The maximum atomic E-state index is 10.7. The molecule has 1 rings (SSSR count). The van der Waals surface area contributed by atoms with Gasteiger partial charge in [0.2, 0.25) is 0 Å². The highest BCUT2D eigenvalue weighted by Crippen LogP contribution is 2.23. The minimum absolute atomic E-state index is 0.102. The van der Waals surface area contributed by atoms with Gasteiger partial charge in [-0.05, 0) is 12.1 Å². The number of carboxylic acid groups (broad SMARTS) is 2. The van der Waals surface area contributed by atoms with Crippen LogP contribution in [-0.2, 0) is 0 Å². The number of aromatic carboxylic acids is 2. The number of hydrogen-bond acceptors (Lipinski definition) is 4. The average molecular weight is 210 g/mol. The van der Waals surface area contributed by atoms with Crippen molar-refractivity contribution in [2.45, 2.75) is 0 Å². The maximum Gasteiger partial charge on any atom is 0.337 e. The third kappa shape index (κ3) is 1.78. The fraction of sp³-hybridized carbons (Fsp3) is 0. The van der Waals surface area contributed by atoms with Gasteiger partial charge < -0.3 is 15.3 Å². The molecule has 0 aliphatic carbocycles. The zero-order valence-electron chi connectivity index (χ0n) is 7.30. The first-order chi connectivity index (χ1) is 6.99. The zero-order valence-corrected chi connectivity index (χ0v) is 7.30. The number of rotatable bonds is 3. The molecule has 1 aromatic carbocycles. The van der Waals surface area contributed by atoms with Crippen LogP contribution in [-0.4, -0.2) is 33.5 Å². The number of carbonyl (C=O) groups excluding carboxylic acids is 1. The molecule has 0 amide bonds. The van der Waals surface area contributed by atoms with Crippen molar-refractivity contribution in [3.8, 4) is 5.75 Å². The Morgan fingerprint density at radius 2 is 1.73 bits per heavy atom. The van der Waals surface area contributed by atoms with Crippen molar-refractivity contribution in [1.82, 2.24) is 0 Å². The van der Waals surface area contributed by atoms with Crippen molar-refractivity contribution in [3.05, 3.63) is 28.8 Å². The van der Waals surface area contributed by atoms with Crippen LogP contribution in [0.5, 0.6) is 5.75 Å². The molecule has 0 aliphatic heterocycles. The van der Waals surface area contributed by atoms with E-state index in [1.807, 2.05) is 0 Å². The molecule has 0 aliphatic rings. The van der Waals surface area contributed by atoms with E-state index < -0.39 is 34.4 Å². The molecule has 3 N–H and O–H groups in total. The standard InChI is InChI=1S/C9H6O6/c10-3-5-6(11)2-1-4(8(12)13)7(5)9(14)15/h1-3,11H,(H,12,13)(H,14,15). The predicted octanol–water partition coefficient (Wildman–Crippen LogP) is 0.601. The lowest BCUT2D eigenvalue weighted by Gasteiger charge is -2.05. The van der Waals surface area contributed by atoms with Crippen molar-refractivity contribution in [2.24, 2.45) is 0 Å². The number of aldehydes is 1. The molecule has 0 atom stereocenters. The van der Waals surface area contributed by atoms with Crippen molar-refractivity contribution in [3.63, 3.8) is 0 Å². The largest absolute Gasteiger partial charge is 0.507 e. The summed E-state index contributed by atoms with van der Waals surface area (Å²) in [5.41, 5.74) is -1.79. The highest BCUT2D eigenvalue weighted by atomic mass is 16.4. The van der Waals surface area contributed by atoms with Crippen molar-refractivity contribution in [2.75, 3.05) is 0 Å². The highest BCUT2D eigenvalue weighted by molar-refractivity contribution is 6.07. The van der Waals surface area contributed by atoms with Crippen LogP contribution in [0.4, 0.5) is 0 Å². The molecule has 78 valence electrons. The Kier molecular flexibility index (Phi) is 2.70. The summed E-state index contributed by atoms with van der Waals surface area (Å²) in [6, 6.07) is 1.88. The van der Waals surface area contributed by atoms with Crippen molar-refractivity contribution in [1.29, 1.82) is 0 Å². The lowest BCUT2D eigenvalue weighted by Crippen LogP contribution is -2.11. The summed E-state index contributed by atoms with van der Waals surface area (Å²) in [4.78, 5) is 31.9. The second-order valence-corrected chi connectivity index (χ2v) is 2.65. The van der Waals surface area contributed by atoms with Gasteiger partial charge in [-0.2, -0.15) is 0 Å². The van der Waals surface area contributed by atoms with Gasteiger partial charge in [0.15, 0.2) is 6.29 Å². The quantitative estimate of drug-likeness (QED) is 0.630. The lowest BCUT2D eigenvalue weighted by molar-refractivity contribution is 0.0650. The fourth-order valence-corrected chi connectivity index (χ4v) is 1.14. The molecule has 0 heterocycles. The van der Waals surface area contributed by atoms with E-state index in [1.54, 1.807) is 0 Å². The van der Waals surface area contributed by atoms with E-state index in [4.69, 9.17) is 15.3 Å². The van der Waals surface area contributed by atoms with E-state index in [1.165, 1.54) is 0 Å². The van der Waals surface area contributed by atoms with Gasteiger partial charge in [-0.3, -0.25) is 4.79 Å². The molecule has 0 saturated carbocycles. The molecule has 6 heteroatoms. The number of hydrogen-bond donors (Lipinski definition) is 3. The monoisotopic (exact) mass is 210 g/mol. The van der Waals surface area contributed by atoms with Gasteiger partial charge in [0.05, 0.1) is 16.7 Å². The van der Waals surface area contributed by atoms with Crippen LogP contribution in [0.15, 0.2) is 12.1 Å². The van der Waals surface area contributed by atoms with E-state index in [0.717, 1.165) is 12.1 Å². The third-order valence-corrected chi connectivity index (χ3v) is 1.78. The first kappa shape index (κ1) is 10.7. The lowest BCUT2D eigenvalue weighted by atomic mass is 10.0. The fourth-order valence-electron chi connectivity index (χ4n) is 1.14. The van der Waals surface area contributed by atoms with E-state index in [9.17, 15) is 14.4 Å². The SMILES string of the molecule is O=Cc1c(O)ccc(C(=O)O)c1C(=O)O. The zero-order chi connectivity index (χ0) is 11.6. The first-order valence-corrected chi connectivity index (χ1v) is 3.76. The molecule has 0 unspecified atom stereocenters. The number of benzene rings is 1. The smallest absolute Gasteiger partial charge is 0.337 e. The Bertz CT molecular complexity index is 448. The van der Waals surface area contributed by atoms with Gasteiger partial charge in [0, 0.05) is 0 Å². The normalized spacial score (nSPS) is 9.60. The third-order valence-electron chi connectivity index (χ3n) is 1.78. The van der Waals surface area contributed by atoms with Crippen LogP contribution in [0.25, 0.3) is 0 Å². The molecule has 0 aromatic heterocycles. The number of phenolic OH excluding ortho intramolecular Hbond substituents is 1. The summed E-state index contributed by atoms with van der Waals surface area (Å²) >= 11 is 0. The van der Waals surface area contributed by atoms with Crippen LogP contribution in [0.1, 0.15) is 31.1 Å². The second-order valence-electron chi connectivity index (χ2n) is 2.65. The molecule has 0 fully saturated rings. The molecule has 0 bridgehead atoms. The van der Waals surface area contributed by atoms with Crippen LogP contribution in [0.2, 0.25) is 0 Å². The number of aromatic hydroxyl groups is 1. The molecule has 0 spiro atoms. The summed E-state index contributed by atoms with van der Waals surface area (Å²) < 4.78 is 0. The number of carboxylic acids is 2. The minimum atomic E-state index is -1.58. The van der Waals surface area contributed by atoms with E-state index >= 15 is 0 Å². The van der Waals surface area contributed by atoms with E-state index in [-0.39, 0.29) is 6.29 Å². The van der Waals surface area contributed by atoms with Gasteiger partial charge in [0.1, 0.15) is 5.75 Å². The Labute approximate surface area is 83.4 Å². The second kappa shape index (κ2) is 3.79. The van der Waals surface area contributed by atoms with Gasteiger partial charge >= 0.3 is 11.9 Å². The van der Waals surface area contributed by atoms with Crippen LogP contribution < -0.4 is 0 Å². The highest BCUT2D eigenvalue weighted by Gasteiger charge is 2.22. The predicted molar refractivity (Wildman–Crippen MR) is 47.4 cm³/mol. The summed E-state index contributed by atoms with van der Waals surface area (Å²) in [6.07, 6.45) is 0.102. The van der Waals surface area contributed by atoms with Crippen LogP contribution in [0.3, 0.4) is 0 Å². The molecule has 1 aromatic rings. The Morgan fingerprint density at radius 3 is 2.13 bits per heavy atom. The van der Waals surface area contributed by atoms with Gasteiger partial charge in [0.25, 0.3) is 0 Å². The van der Waals surface area contributed by atoms with Crippen molar-refractivity contribution < 1.29 is 29.7 Å². The summed E-state index contributed by atoms with van der Waals surface area (Å²) in [7, 11) is 0. The maximum absolute atomic E-state index is 10.7. The van der Waals surface area contributed by atoms with E-state index in [2.05, 4.69) is 0 Å². The summed E-state index contributed by atoms with van der Waals surface area (Å²) in [5.74, 6) is -3.62. The topological polar surface area (TPSA) is 112 Å². The van der Waals surface area contributed by atoms with Crippen molar-refractivity contribution >= 4 is 18.2 Å². The Morgan fingerprint density at radius 1 is 1.13 bits per heavy atom. The molecule has 0 saturated heterocycles. The molecular formula is C9H6O6. The number of phenols is 1.